The molecule has 2 N–H and O–H groups in total. The molecule has 1 aromatic rings. The van der Waals surface area contributed by atoms with Crippen LogP contribution in [-0.2, 0) is 10.9 Å². The molecule has 0 spiro atoms. The van der Waals surface area contributed by atoms with E-state index in [0.717, 1.165) is 12.1 Å². The zero-order chi connectivity index (χ0) is 15.6. The van der Waals surface area contributed by atoms with Crippen LogP contribution in [0.3, 0.4) is 0 Å². The summed E-state index contributed by atoms with van der Waals surface area (Å²) in [4.78, 5) is 0. The van der Waals surface area contributed by atoms with Crippen molar-refractivity contribution in [3.8, 4) is 0 Å². The number of ether oxygens (including phenoxy) is 1. The van der Waals surface area contributed by atoms with Gasteiger partial charge in [0.25, 0.3) is 0 Å². The lowest BCUT2D eigenvalue weighted by atomic mass is 9.85. The predicted molar refractivity (Wildman–Crippen MR) is 73.4 cm³/mol. The van der Waals surface area contributed by atoms with Crippen LogP contribution in [0.25, 0.3) is 0 Å². The largest absolute Gasteiger partial charge is 0.416 e. The van der Waals surface area contributed by atoms with Crippen molar-refractivity contribution in [1.82, 2.24) is 0 Å². The highest BCUT2D eigenvalue weighted by Gasteiger charge is 2.34. The Labute approximate surface area is 118 Å². The number of rotatable bonds is 5. The van der Waals surface area contributed by atoms with Gasteiger partial charge in [0.2, 0.25) is 0 Å². The number of halogens is 3. The summed E-state index contributed by atoms with van der Waals surface area (Å²) < 4.78 is 43.7. The summed E-state index contributed by atoms with van der Waals surface area (Å²) >= 11 is 0. The van der Waals surface area contributed by atoms with E-state index in [-0.39, 0.29) is 0 Å². The van der Waals surface area contributed by atoms with Gasteiger partial charge in [-0.1, -0.05) is 13.0 Å². The fourth-order valence-electron chi connectivity index (χ4n) is 2.27. The standard InChI is InChI=1S/C15H22F3NO/c1-5-14(4,20-6-2)13(19)12-8-7-11(9-10(12)3)15(16,17)18/h7-9,13H,5-6,19H2,1-4H3. The van der Waals surface area contributed by atoms with Gasteiger partial charge in [-0.2, -0.15) is 13.2 Å². The highest BCUT2D eigenvalue weighted by molar-refractivity contribution is 5.35. The molecule has 0 aromatic heterocycles. The van der Waals surface area contributed by atoms with Crippen LogP contribution in [0.15, 0.2) is 18.2 Å². The Morgan fingerprint density at radius 3 is 2.25 bits per heavy atom. The summed E-state index contributed by atoms with van der Waals surface area (Å²) in [6.45, 7) is 7.87. The molecule has 1 rings (SSSR count). The summed E-state index contributed by atoms with van der Waals surface area (Å²) in [7, 11) is 0. The second-order valence-electron chi connectivity index (χ2n) is 5.15. The van der Waals surface area contributed by atoms with Gasteiger partial charge in [0.1, 0.15) is 0 Å². The van der Waals surface area contributed by atoms with Gasteiger partial charge in [0.05, 0.1) is 17.2 Å². The molecule has 0 bridgehead atoms. The first-order valence-electron chi connectivity index (χ1n) is 6.73. The third-order valence-electron chi connectivity index (χ3n) is 3.77. The first kappa shape index (κ1) is 17.0. The average Bonchev–Trinajstić information content (AvgIpc) is 2.37. The molecule has 0 heterocycles. The first-order valence-corrected chi connectivity index (χ1v) is 6.73. The van der Waals surface area contributed by atoms with Crippen LogP contribution in [0, 0.1) is 6.92 Å². The Hall–Kier alpha value is -1.07. The number of hydrogen-bond acceptors (Lipinski definition) is 2. The highest BCUT2D eigenvalue weighted by Crippen LogP contribution is 2.35. The molecule has 2 atom stereocenters. The minimum Gasteiger partial charge on any atom is -0.374 e. The van der Waals surface area contributed by atoms with Gasteiger partial charge in [-0.05, 0) is 50.5 Å². The van der Waals surface area contributed by atoms with E-state index in [2.05, 4.69) is 0 Å². The Morgan fingerprint density at radius 1 is 1.25 bits per heavy atom. The molecule has 0 aliphatic carbocycles. The minimum atomic E-state index is -4.33. The van der Waals surface area contributed by atoms with Gasteiger partial charge in [-0.25, -0.2) is 0 Å². The SMILES string of the molecule is CCOC(C)(CC)C(N)c1ccc(C(F)(F)F)cc1C. The molecular formula is C15H22F3NO. The molecule has 0 aliphatic heterocycles. The number of alkyl halides is 3. The van der Waals surface area contributed by atoms with E-state index in [0.29, 0.717) is 24.2 Å². The van der Waals surface area contributed by atoms with E-state index in [1.165, 1.54) is 6.07 Å². The van der Waals surface area contributed by atoms with E-state index in [1.807, 2.05) is 20.8 Å². The van der Waals surface area contributed by atoms with Gasteiger partial charge in [-0.15, -0.1) is 0 Å². The molecule has 114 valence electrons. The molecular weight excluding hydrogens is 267 g/mol. The zero-order valence-electron chi connectivity index (χ0n) is 12.3. The molecule has 5 heteroatoms. The molecule has 0 saturated heterocycles. The third kappa shape index (κ3) is 3.52. The monoisotopic (exact) mass is 289 g/mol. The molecule has 0 saturated carbocycles. The van der Waals surface area contributed by atoms with Gasteiger partial charge in [0.15, 0.2) is 0 Å². The van der Waals surface area contributed by atoms with E-state index in [4.69, 9.17) is 10.5 Å². The molecule has 0 amide bonds. The molecule has 0 radical (unpaired) electrons. The molecule has 20 heavy (non-hydrogen) atoms. The number of benzene rings is 1. The first-order chi connectivity index (χ1) is 9.15. The topological polar surface area (TPSA) is 35.2 Å². The lowest BCUT2D eigenvalue weighted by molar-refractivity contribution is -0.137. The Morgan fingerprint density at radius 2 is 1.85 bits per heavy atom. The number of nitrogens with two attached hydrogens (primary N) is 1. The van der Waals surface area contributed by atoms with Crippen LogP contribution in [0.2, 0.25) is 0 Å². The van der Waals surface area contributed by atoms with Gasteiger partial charge < -0.3 is 10.5 Å². The smallest absolute Gasteiger partial charge is 0.374 e. The molecule has 2 unspecified atom stereocenters. The van der Waals surface area contributed by atoms with Gasteiger partial charge >= 0.3 is 6.18 Å². The van der Waals surface area contributed by atoms with E-state index in [1.54, 1.807) is 6.92 Å². The Kier molecular flexibility index (Phi) is 5.21. The summed E-state index contributed by atoms with van der Waals surface area (Å²) in [5.74, 6) is 0. The fraction of sp³-hybridized carbons (Fsp3) is 0.600. The lowest BCUT2D eigenvalue weighted by Crippen LogP contribution is -2.41. The summed E-state index contributed by atoms with van der Waals surface area (Å²) in [5, 5.41) is 0. The quantitative estimate of drug-likeness (QED) is 0.881. The van der Waals surface area contributed by atoms with E-state index in [9.17, 15) is 13.2 Å². The van der Waals surface area contributed by atoms with Crippen molar-refractivity contribution in [1.29, 1.82) is 0 Å². The van der Waals surface area contributed by atoms with Crippen molar-refractivity contribution in [2.75, 3.05) is 6.61 Å². The maximum atomic E-state index is 12.7. The van der Waals surface area contributed by atoms with Gasteiger partial charge in [-0.3, -0.25) is 0 Å². The Bertz CT molecular complexity index is 459. The van der Waals surface area contributed by atoms with Crippen LogP contribution in [0.1, 0.15) is 49.9 Å². The second-order valence-corrected chi connectivity index (χ2v) is 5.15. The maximum absolute atomic E-state index is 12.7. The van der Waals surface area contributed by atoms with Crippen LogP contribution in [0.5, 0.6) is 0 Å². The molecule has 1 aromatic carbocycles. The van der Waals surface area contributed by atoms with Crippen molar-refractivity contribution in [3.05, 3.63) is 34.9 Å². The number of hydrogen-bond donors (Lipinski definition) is 1. The van der Waals surface area contributed by atoms with E-state index >= 15 is 0 Å². The second kappa shape index (κ2) is 6.14. The third-order valence-corrected chi connectivity index (χ3v) is 3.77. The van der Waals surface area contributed by atoms with Crippen LogP contribution in [-0.4, -0.2) is 12.2 Å². The van der Waals surface area contributed by atoms with Crippen molar-refractivity contribution in [3.63, 3.8) is 0 Å². The summed E-state index contributed by atoms with van der Waals surface area (Å²) in [6.07, 6.45) is -3.65. The Balaban J connectivity index is 3.14. The molecule has 2 nitrogen and oxygen atoms in total. The van der Waals surface area contributed by atoms with Crippen molar-refractivity contribution in [2.24, 2.45) is 5.73 Å². The highest BCUT2D eigenvalue weighted by atomic mass is 19.4. The average molecular weight is 289 g/mol. The zero-order valence-corrected chi connectivity index (χ0v) is 12.3. The van der Waals surface area contributed by atoms with Crippen molar-refractivity contribution in [2.45, 2.75) is 51.9 Å². The predicted octanol–water partition coefficient (Wildman–Crippen LogP) is 4.22. The van der Waals surface area contributed by atoms with E-state index < -0.39 is 23.4 Å². The van der Waals surface area contributed by atoms with Crippen LogP contribution >= 0.6 is 0 Å². The summed E-state index contributed by atoms with van der Waals surface area (Å²) in [6, 6.07) is 3.20. The van der Waals surface area contributed by atoms with Crippen LogP contribution in [0.4, 0.5) is 13.2 Å². The van der Waals surface area contributed by atoms with Gasteiger partial charge in [0, 0.05) is 6.61 Å². The normalized spacial score (nSPS) is 16.8. The maximum Gasteiger partial charge on any atom is 0.416 e. The van der Waals surface area contributed by atoms with Crippen LogP contribution < -0.4 is 5.73 Å². The lowest BCUT2D eigenvalue weighted by Gasteiger charge is -2.35. The number of aryl methyl sites for hydroxylation is 1. The fourth-order valence-corrected chi connectivity index (χ4v) is 2.27. The van der Waals surface area contributed by atoms with Crippen molar-refractivity contribution >= 4 is 0 Å². The van der Waals surface area contributed by atoms with Crippen molar-refractivity contribution < 1.29 is 17.9 Å². The summed E-state index contributed by atoms with van der Waals surface area (Å²) in [5.41, 5.74) is 6.21. The molecule has 0 aliphatic rings. The molecule has 0 fully saturated rings. The minimum absolute atomic E-state index is 0.463.